The molecular weight excluding hydrogens is 281 g/mol. The van der Waals surface area contributed by atoms with Crippen LogP contribution in [0.4, 0.5) is 4.39 Å². The Kier molecular flexibility index (Phi) is 4.10. The zero-order valence-corrected chi connectivity index (χ0v) is 11.8. The third-order valence-electron chi connectivity index (χ3n) is 3.68. The maximum atomic E-state index is 12.9. The van der Waals surface area contributed by atoms with Gasteiger partial charge in [0.05, 0.1) is 10.4 Å². The van der Waals surface area contributed by atoms with Crippen molar-refractivity contribution in [1.82, 2.24) is 4.72 Å². The minimum atomic E-state index is -3.82. The number of hydrogen-bond acceptors (Lipinski definition) is 3. The van der Waals surface area contributed by atoms with Crippen molar-refractivity contribution in [2.75, 3.05) is 0 Å². The Bertz CT molecular complexity index is 593. The molecule has 1 aliphatic carbocycles. The van der Waals surface area contributed by atoms with E-state index in [0.717, 1.165) is 31.4 Å². The van der Waals surface area contributed by atoms with E-state index in [1.165, 1.54) is 12.1 Å². The van der Waals surface area contributed by atoms with E-state index in [4.69, 9.17) is 11.1 Å². The van der Waals surface area contributed by atoms with Crippen LogP contribution in [0.25, 0.3) is 0 Å². The summed E-state index contributed by atoms with van der Waals surface area (Å²) in [5.41, 5.74) is 4.60. The number of nitrogens with two attached hydrogens (primary N) is 1. The van der Waals surface area contributed by atoms with Crippen LogP contribution in [0.1, 0.15) is 32.1 Å². The van der Waals surface area contributed by atoms with E-state index >= 15 is 0 Å². The summed E-state index contributed by atoms with van der Waals surface area (Å²) in [6.45, 7) is 0. The standard InChI is InChI=1S/C13H18FN3O2S/c14-10-4-6-11(7-5-10)20(18,19)17-13(12(15)16)8-2-1-3-9-13/h4-7,17H,1-3,8-9H2,(H3,15,16). The van der Waals surface area contributed by atoms with E-state index in [2.05, 4.69) is 4.72 Å². The Hall–Kier alpha value is -1.47. The molecule has 110 valence electrons. The second kappa shape index (κ2) is 5.49. The molecule has 0 saturated heterocycles. The monoisotopic (exact) mass is 299 g/mol. The first-order valence-electron chi connectivity index (χ1n) is 6.50. The number of halogens is 1. The highest BCUT2D eigenvalue weighted by Crippen LogP contribution is 2.29. The van der Waals surface area contributed by atoms with Crippen LogP contribution in [0.3, 0.4) is 0 Å². The molecule has 1 aliphatic rings. The van der Waals surface area contributed by atoms with E-state index in [1.807, 2.05) is 0 Å². The first-order valence-corrected chi connectivity index (χ1v) is 7.98. The summed E-state index contributed by atoms with van der Waals surface area (Å²) in [5, 5.41) is 7.70. The summed E-state index contributed by atoms with van der Waals surface area (Å²) in [5.74, 6) is -0.661. The molecule has 20 heavy (non-hydrogen) atoms. The molecule has 1 aromatic rings. The van der Waals surface area contributed by atoms with Gasteiger partial charge in [0.25, 0.3) is 0 Å². The summed E-state index contributed by atoms with van der Waals surface area (Å²) in [4.78, 5) is -0.0231. The van der Waals surface area contributed by atoms with Gasteiger partial charge in [0.1, 0.15) is 11.7 Å². The Balaban J connectivity index is 2.30. The van der Waals surface area contributed by atoms with Gasteiger partial charge in [0.2, 0.25) is 10.0 Å². The van der Waals surface area contributed by atoms with Gasteiger partial charge >= 0.3 is 0 Å². The second-order valence-electron chi connectivity index (χ2n) is 5.12. The maximum Gasteiger partial charge on any atom is 0.241 e. The molecule has 2 rings (SSSR count). The summed E-state index contributed by atoms with van der Waals surface area (Å²) >= 11 is 0. The zero-order valence-electron chi connectivity index (χ0n) is 11.0. The fourth-order valence-electron chi connectivity index (χ4n) is 2.51. The van der Waals surface area contributed by atoms with Crippen LogP contribution in [0.2, 0.25) is 0 Å². The van der Waals surface area contributed by atoms with Crippen LogP contribution in [-0.4, -0.2) is 19.8 Å². The van der Waals surface area contributed by atoms with Crippen molar-refractivity contribution in [2.45, 2.75) is 42.5 Å². The topological polar surface area (TPSA) is 96.0 Å². The zero-order chi connectivity index (χ0) is 14.8. The van der Waals surface area contributed by atoms with Gasteiger partial charge in [-0.2, -0.15) is 4.72 Å². The molecule has 1 aromatic carbocycles. The molecule has 5 nitrogen and oxygen atoms in total. The quantitative estimate of drug-likeness (QED) is 0.583. The molecule has 0 aliphatic heterocycles. The van der Waals surface area contributed by atoms with Gasteiger partial charge in [-0.1, -0.05) is 19.3 Å². The highest BCUT2D eigenvalue weighted by atomic mass is 32.2. The normalized spacial score (nSPS) is 18.6. The van der Waals surface area contributed by atoms with Crippen molar-refractivity contribution in [1.29, 1.82) is 5.41 Å². The summed E-state index contributed by atoms with van der Waals surface area (Å²) in [6.07, 6.45) is 3.69. The van der Waals surface area contributed by atoms with Gasteiger partial charge in [-0.3, -0.25) is 5.41 Å². The third-order valence-corrected chi connectivity index (χ3v) is 5.23. The fraction of sp³-hybridized carbons (Fsp3) is 0.462. The minimum Gasteiger partial charge on any atom is -0.386 e. The molecule has 0 heterocycles. The maximum absolute atomic E-state index is 12.9. The van der Waals surface area contributed by atoms with Gasteiger partial charge < -0.3 is 5.73 Å². The van der Waals surface area contributed by atoms with Gasteiger partial charge in [0, 0.05) is 0 Å². The first kappa shape index (κ1) is 14.9. The first-order chi connectivity index (χ1) is 9.36. The number of nitrogens with one attached hydrogen (secondary N) is 2. The van der Waals surface area contributed by atoms with E-state index in [0.29, 0.717) is 12.8 Å². The molecule has 1 saturated carbocycles. The average molecular weight is 299 g/mol. The summed E-state index contributed by atoms with van der Waals surface area (Å²) in [6, 6.07) is 4.59. The Labute approximate surface area is 117 Å². The molecule has 1 fully saturated rings. The predicted octanol–water partition coefficient (Wildman–Crippen LogP) is 1.74. The molecule has 0 unspecified atom stereocenters. The smallest absolute Gasteiger partial charge is 0.241 e. The summed E-state index contributed by atoms with van der Waals surface area (Å²) < 4.78 is 40.1. The van der Waals surface area contributed by atoms with Crippen LogP contribution >= 0.6 is 0 Å². The highest BCUT2D eigenvalue weighted by molar-refractivity contribution is 7.89. The highest BCUT2D eigenvalue weighted by Gasteiger charge is 2.39. The lowest BCUT2D eigenvalue weighted by Crippen LogP contribution is -2.57. The summed E-state index contributed by atoms with van der Waals surface area (Å²) in [7, 11) is -3.82. The molecule has 4 N–H and O–H groups in total. The number of amidine groups is 1. The van der Waals surface area contributed by atoms with Crippen molar-refractivity contribution >= 4 is 15.9 Å². The molecule has 0 radical (unpaired) electrons. The van der Waals surface area contributed by atoms with Crippen molar-refractivity contribution in [3.05, 3.63) is 30.1 Å². The van der Waals surface area contributed by atoms with Gasteiger partial charge in [-0.05, 0) is 37.1 Å². The van der Waals surface area contributed by atoms with E-state index < -0.39 is 21.4 Å². The van der Waals surface area contributed by atoms with E-state index in [-0.39, 0.29) is 10.7 Å². The Morgan fingerprint density at radius 2 is 1.75 bits per heavy atom. The lowest BCUT2D eigenvalue weighted by Gasteiger charge is -2.36. The van der Waals surface area contributed by atoms with Gasteiger partial charge in [0.15, 0.2) is 0 Å². The van der Waals surface area contributed by atoms with Crippen LogP contribution in [0.15, 0.2) is 29.2 Å². The number of sulfonamides is 1. The fourth-order valence-corrected chi connectivity index (χ4v) is 3.95. The minimum absolute atomic E-state index is 0.0231. The molecular formula is C13H18FN3O2S. The van der Waals surface area contributed by atoms with E-state index in [9.17, 15) is 12.8 Å². The number of rotatable bonds is 4. The van der Waals surface area contributed by atoms with Crippen LogP contribution in [0.5, 0.6) is 0 Å². The molecule has 0 aromatic heterocycles. The second-order valence-corrected chi connectivity index (χ2v) is 6.80. The number of benzene rings is 1. The van der Waals surface area contributed by atoms with Crippen molar-refractivity contribution in [3.63, 3.8) is 0 Å². The van der Waals surface area contributed by atoms with Crippen LogP contribution < -0.4 is 10.5 Å². The van der Waals surface area contributed by atoms with Crippen LogP contribution in [-0.2, 0) is 10.0 Å². The molecule has 0 bridgehead atoms. The van der Waals surface area contributed by atoms with Crippen molar-refractivity contribution < 1.29 is 12.8 Å². The lowest BCUT2D eigenvalue weighted by atomic mass is 9.82. The van der Waals surface area contributed by atoms with Crippen molar-refractivity contribution in [3.8, 4) is 0 Å². The SMILES string of the molecule is N=C(N)C1(NS(=O)(=O)c2ccc(F)cc2)CCCCC1. The Morgan fingerprint density at radius 1 is 1.20 bits per heavy atom. The van der Waals surface area contributed by atoms with Gasteiger partial charge in [-0.15, -0.1) is 0 Å². The van der Waals surface area contributed by atoms with Crippen LogP contribution in [0, 0.1) is 11.2 Å². The number of hydrogen-bond donors (Lipinski definition) is 3. The van der Waals surface area contributed by atoms with Gasteiger partial charge in [-0.25, -0.2) is 12.8 Å². The predicted molar refractivity (Wildman–Crippen MR) is 74.5 cm³/mol. The molecule has 7 heteroatoms. The Morgan fingerprint density at radius 3 is 2.25 bits per heavy atom. The molecule has 0 atom stereocenters. The molecule has 0 amide bonds. The largest absolute Gasteiger partial charge is 0.386 e. The average Bonchev–Trinajstić information content (AvgIpc) is 2.39. The van der Waals surface area contributed by atoms with E-state index in [1.54, 1.807) is 0 Å². The molecule has 0 spiro atoms. The third kappa shape index (κ3) is 2.99. The van der Waals surface area contributed by atoms with Crippen molar-refractivity contribution in [2.24, 2.45) is 5.73 Å². The lowest BCUT2D eigenvalue weighted by molar-refractivity contribution is 0.348.